The second-order valence-corrected chi connectivity index (χ2v) is 4.34. The number of carbonyl (C=O) groups is 1. The Labute approximate surface area is 107 Å². The summed E-state index contributed by atoms with van der Waals surface area (Å²) < 4.78 is 0. The maximum atomic E-state index is 10.4. The molecule has 2 atom stereocenters. The molecule has 0 aliphatic rings. The van der Waals surface area contributed by atoms with Crippen molar-refractivity contribution in [1.82, 2.24) is 9.97 Å². The monoisotopic (exact) mass is 278 g/mol. The third-order valence-corrected chi connectivity index (χ3v) is 2.86. The number of aliphatic carboxylic acids is 1. The molecule has 8 heteroatoms. The van der Waals surface area contributed by atoms with E-state index in [9.17, 15) is 15.0 Å². The highest BCUT2D eigenvalue weighted by atomic mass is 35.5. The second kappa shape index (κ2) is 6.15. The number of halogens is 1. The lowest BCUT2D eigenvalue weighted by Crippen LogP contribution is -2.22. The molecule has 3 N–H and O–H groups in total. The van der Waals surface area contributed by atoms with Gasteiger partial charge in [0.25, 0.3) is 0 Å². The summed E-state index contributed by atoms with van der Waals surface area (Å²) in [6.45, 7) is 0. The van der Waals surface area contributed by atoms with Crippen LogP contribution in [-0.4, -0.2) is 43.6 Å². The second-order valence-electron chi connectivity index (χ2n) is 3.21. The molecule has 1 rings (SSSR count). The highest BCUT2D eigenvalue weighted by Gasteiger charge is 2.24. The lowest BCUT2D eigenvalue weighted by molar-refractivity contribution is -0.141. The Morgan fingerprint density at radius 1 is 1.59 bits per heavy atom. The van der Waals surface area contributed by atoms with Crippen LogP contribution in [0.4, 0.5) is 0 Å². The fourth-order valence-electron chi connectivity index (χ4n) is 1.15. The van der Waals surface area contributed by atoms with Gasteiger partial charge >= 0.3 is 5.97 Å². The average molecular weight is 279 g/mol. The Kier molecular flexibility index (Phi) is 5.13. The molecule has 0 aliphatic carbocycles. The smallest absolute Gasteiger partial charge is 0.306 e. The quantitative estimate of drug-likeness (QED) is 0.414. The number of hydrogen-bond donors (Lipinski definition) is 3. The van der Waals surface area contributed by atoms with E-state index in [1.807, 2.05) is 0 Å². The Morgan fingerprint density at radius 2 is 2.24 bits per heavy atom. The zero-order valence-corrected chi connectivity index (χ0v) is 10.4. The van der Waals surface area contributed by atoms with Crippen molar-refractivity contribution in [3.63, 3.8) is 0 Å². The third-order valence-electron chi connectivity index (χ3n) is 2.00. The van der Waals surface area contributed by atoms with Crippen molar-refractivity contribution < 1.29 is 20.1 Å². The lowest BCUT2D eigenvalue weighted by Gasteiger charge is -2.16. The van der Waals surface area contributed by atoms with Crippen LogP contribution in [0.3, 0.4) is 0 Å². The largest absolute Gasteiger partial charge is 0.481 e. The SMILES string of the molecule is CSc1ncc(C(O)C(O)CC(=O)O)c(Cl)n1. The van der Waals surface area contributed by atoms with Gasteiger partial charge in [-0.05, 0) is 6.26 Å². The average Bonchev–Trinajstić information content (AvgIpc) is 2.27. The normalized spacial score (nSPS) is 14.4. The molecule has 0 bridgehead atoms. The van der Waals surface area contributed by atoms with Gasteiger partial charge in [-0.2, -0.15) is 0 Å². The molecule has 0 radical (unpaired) electrons. The topological polar surface area (TPSA) is 104 Å². The van der Waals surface area contributed by atoms with E-state index in [1.54, 1.807) is 6.26 Å². The molecule has 94 valence electrons. The summed E-state index contributed by atoms with van der Waals surface area (Å²) in [7, 11) is 0. The highest BCUT2D eigenvalue weighted by Crippen LogP contribution is 2.25. The van der Waals surface area contributed by atoms with Crippen LogP contribution in [0.1, 0.15) is 18.1 Å². The number of rotatable bonds is 5. The fourth-order valence-corrected chi connectivity index (χ4v) is 1.78. The Balaban J connectivity index is 2.88. The highest BCUT2D eigenvalue weighted by molar-refractivity contribution is 7.98. The van der Waals surface area contributed by atoms with E-state index < -0.39 is 24.6 Å². The third kappa shape index (κ3) is 3.81. The van der Waals surface area contributed by atoms with Crippen molar-refractivity contribution in [2.45, 2.75) is 23.8 Å². The van der Waals surface area contributed by atoms with E-state index in [1.165, 1.54) is 18.0 Å². The van der Waals surface area contributed by atoms with Crippen LogP contribution in [0.15, 0.2) is 11.4 Å². The van der Waals surface area contributed by atoms with Crippen molar-refractivity contribution in [2.75, 3.05) is 6.26 Å². The molecule has 0 aliphatic heterocycles. The van der Waals surface area contributed by atoms with E-state index in [4.69, 9.17) is 16.7 Å². The van der Waals surface area contributed by atoms with Crippen molar-refractivity contribution in [1.29, 1.82) is 0 Å². The first-order chi connectivity index (χ1) is 7.95. The number of carboxylic acids is 1. The van der Waals surface area contributed by atoms with Gasteiger partial charge in [-0.1, -0.05) is 23.4 Å². The summed E-state index contributed by atoms with van der Waals surface area (Å²) in [6.07, 6.45) is -0.414. The Morgan fingerprint density at radius 3 is 2.71 bits per heavy atom. The molecule has 0 saturated heterocycles. The first kappa shape index (κ1) is 14.2. The van der Waals surface area contributed by atoms with E-state index in [2.05, 4.69) is 9.97 Å². The van der Waals surface area contributed by atoms with Gasteiger partial charge in [0.2, 0.25) is 0 Å². The molecule has 0 spiro atoms. The summed E-state index contributed by atoms with van der Waals surface area (Å²) in [5, 5.41) is 28.1. The van der Waals surface area contributed by atoms with Crippen molar-refractivity contribution in [3.05, 3.63) is 16.9 Å². The van der Waals surface area contributed by atoms with Gasteiger partial charge in [-0.15, -0.1) is 0 Å². The van der Waals surface area contributed by atoms with Gasteiger partial charge in [0.15, 0.2) is 5.16 Å². The van der Waals surface area contributed by atoms with E-state index in [0.717, 1.165) is 0 Å². The van der Waals surface area contributed by atoms with E-state index >= 15 is 0 Å². The molecule has 1 aromatic heterocycles. The zero-order valence-electron chi connectivity index (χ0n) is 8.87. The number of aromatic nitrogens is 2. The van der Waals surface area contributed by atoms with Crippen LogP contribution in [0.5, 0.6) is 0 Å². The molecule has 0 amide bonds. The predicted octanol–water partition coefficient (Wildman–Crippen LogP) is 0.721. The molecule has 1 aromatic rings. The number of carboxylic acid groups (broad SMARTS) is 1. The van der Waals surface area contributed by atoms with Crippen molar-refractivity contribution >= 4 is 29.3 Å². The minimum Gasteiger partial charge on any atom is -0.481 e. The van der Waals surface area contributed by atoms with Crippen LogP contribution >= 0.6 is 23.4 Å². The number of aliphatic hydroxyl groups excluding tert-OH is 2. The molecule has 17 heavy (non-hydrogen) atoms. The van der Waals surface area contributed by atoms with Crippen LogP contribution in [0.25, 0.3) is 0 Å². The number of thioether (sulfide) groups is 1. The number of aliphatic hydroxyl groups is 2. The molecule has 2 unspecified atom stereocenters. The minimum atomic E-state index is -1.45. The first-order valence-corrected chi connectivity index (χ1v) is 6.20. The summed E-state index contributed by atoms with van der Waals surface area (Å²) in [5.41, 5.74) is 0.109. The van der Waals surface area contributed by atoms with Gasteiger partial charge in [-0.25, -0.2) is 9.97 Å². The van der Waals surface area contributed by atoms with Crippen molar-refractivity contribution in [2.24, 2.45) is 0 Å². The van der Waals surface area contributed by atoms with Crippen LogP contribution < -0.4 is 0 Å². The number of nitrogens with zero attached hydrogens (tertiary/aromatic N) is 2. The summed E-state index contributed by atoms with van der Waals surface area (Å²) in [6, 6.07) is 0. The zero-order chi connectivity index (χ0) is 13.0. The van der Waals surface area contributed by atoms with Crippen LogP contribution in [0.2, 0.25) is 5.15 Å². The lowest BCUT2D eigenvalue weighted by atomic mass is 10.1. The molecular weight excluding hydrogens is 268 g/mol. The molecule has 0 aromatic carbocycles. The Hall–Kier alpha value is -0.890. The molecular formula is C9H11ClN2O4S. The number of hydrogen-bond acceptors (Lipinski definition) is 6. The van der Waals surface area contributed by atoms with Gasteiger partial charge in [-0.3, -0.25) is 4.79 Å². The maximum absolute atomic E-state index is 10.4. The summed E-state index contributed by atoms with van der Waals surface area (Å²) >= 11 is 7.08. The maximum Gasteiger partial charge on any atom is 0.306 e. The Bertz CT molecular complexity index is 418. The van der Waals surface area contributed by atoms with Crippen LogP contribution in [0, 0.1) is 0 Å². The van der Waals surface area contributed by atoms with Gasteiger partial charge < -0.3 is 15.3 Å². The van der Waals surface area contributed by atoms with Crippen LogP contribution in [-0.2, 0) is 4.79 Å². The van der Waals surface area contributed by atoms with Crippen molar-refractivity contribution in [3.8, 4) is 0 Å². The van der Waals surface area contributed by atoms with E-state index in [0.29, 0.717) is 5.16 Å². The van der Waals surface area contributed by atoms with Gasteiger partial charge in [0, 0.05) is 11.8 Å². The predicted molar refractivity (Wildman–Crippen MR) is 62.0 cm³/mol. The van der Waals surface area contributed by atoms with Gasteiger partial charge in [0.05, 0.1) is 12.5 Å². The first-order valence-electron chi connectivity index (χ1n) is 4.60. The molecule has 0 fully saturated rings. The summed E-state index contributed by atoms with van der Waals surface area (Å²) in [4.78, 5) is 18.2. The molecule has 0 saturated carbocycles. The standard InChI is InChI=1S/C9H11ClN2O4S/c1-17-9-11-3-4(8(10)12-9)7(16)5(13)2-6(14)15/h3,5,7,13,16H,2H2,1H3,(H,14,15). The molecule has 6 nitrogen and oxygen atoms in total. The fraction of sp³-hybridized carbons (Fsp3) is 0.444. The summed E-state index contributed by atoms with van der Waals surface area (Å²) in [5.74, 6) is -1.21. The minimum absolute atomic E-state index is 0.00119. The van der Waals surface area contributed by atoms with E-state index in [-0.39, 0.29) is 10.7 Å². The van der Waals surface area contributed by atoms with Gasteiger partial charge in [0.1, 0.15) is 11.3 Å². The molecule has 1 heterocycles.